The molecule has 0 bridgehead atoms. The summed E-state index contributed by atoms with van der Waals surface area (Å²) < 4.78 is 24.5. The molecule has 1 N–H and O–H groups in total. The Morgan fingerprint density at radius 2 is 1.90 bits per heavy atom. The Kier molecular flexibility index (Phi) is 6.14. The number of hydrogen-bond donors (Lipinski definition) is 1. The standard InChI is InChI=1S/C16H23F2NS/c1-2-12-4-3-5-13(7-6-12)19-14-8-10-15(11-9-14)20-16(17)18/h8-13,16,19H,2-7H2,1H3. The molecule has 1 nitrogen and oxygen atoms in total. The first-order valence-corrected chi connectivity index (χ1v) is 8.36. The Hall–Kier alpha value is -0.770. The molecule has 2 unspecified atom stereocenters. The van der Waals surface area contributed by atoms with Gasteiger partial charge in [0.2, 0.25) is 0 Å². The average Bonchev–Trinajstić information content (AvgIpc) is 2.65. The lowest BCUT2D eigenvalue weighted by Crippen LogP contribution is -2.18. The molecule has 0 radical (unpaired) electrons. The maximum absolute atomic E-state index is 12.3. The zero-order valence-electron chi connectivity index (χ0n) is 11.9. The van der Waals surface area contributed by atoms with E-state index >= 15 is 0 Å². The maximum Gasteiger partial charge on any atom is 0.288 e. The van der Waals surface area contributed by atoms with Gasteiger partial charge in [0.25, 0.3) is 5.76 Å². The molecule has 1 aromatic rings. The normalized spacial score (nSPS) is 23.6. The topological polar surface area (TPSA) is 12.0 Å². The lowest BCUT2D eigenvalue weighted by atomic mass is 9.98. The fourth-order valence-electron chi connectivity index (χ4n) is 2.90. The van der Waals surface area contributed by atoms with Crippen molar-refractivity contribution in [2.45, 2.75) is 62.1 Å². The smallest absolute Gasteiger partial charge is 0.288 e. The summed E-state index contributed by atoms with van der Waals surface area (Å²) in [6.07, 6.45) is 7.64. The van der Waals surface area contributed by atoms with Crippen LogP contribution in [0.5, 0.6) is 0 Å². The molecule has 1 aromatic carbocycles. The van der Waals surface area contributed by atoms with Gasteiger partial charge in [-0.3, -0.25) is 0 Å². The third kappa shape index (κ3) is 4.97. The molecule has 0 heterocycles. The summed E-state index contributed by atoms with van der Waals surface area (Å²) in [5, 5.41) is 3.55. The SMILES string of the molecule is CCC1CCCC(Nc2ccc(SC(F)F)cc2)CC1. The number of benzene rings is 1. The molecule has 1 aliphatic carbocycles. The van der Waals surface area contributed by atoms with Gasteiger partial charge in [0.1, 0.15) is 0 Å². The van der Waals surface area contributed by atoms with Crippen molar-refractivity contribution in [2.24, 2.45) is 5.92 Å². The molecular weight excluding hydrogens is 276 g/mol. The first-order valence-electron chi connectivity index (χ1n) is 7.48. The molecule has 112 valence electrons. The van der Waals surface area contributed by atoms with Crippen LogP contribution >= 0.6 is 11.8 Å². The van der Waals surface area contributed by atoms with Gasteiger partial charge in [-0.2, -0.15) is 8.78 Å². The number of nitrogens with one attached hydrogen (secondary N) is 1. The van der Waals surface area contributed by atoms with Crippen LogP contribution in [0.3, 0.4) is 0 Å². The predicted molar refractivity (Wildman–Crippen MR) is 82.6 cm³/mol. The lowest BCUT2D eigenvalue weighted by molar-refractivity contribution is 0.252. The highest BCUT2D eigenvalue weighted by atomic mass is 32.2. The molecule has 0 aliphatic heterocycles. The van der Waals surface area contributed by atoms with Gasteiger partial charge >= 0.3 is 0 Å². The van der Waals surface area contributed by atoms with Gasteiger partial charge in [0.05, 0.1) is 0 Å². The van der Waals surface area contributed by atoms with E-state index in [2.05, 4.69) is 12.2 Å². The Labute approximate surface area is 124 Å². The van der Waals surface area contributed by atoms with E-state index in [0.717, 1.165) is 11.6 Å². The van der Waals surface area contributed by atoms with Crippen LogP contribution in [0.25, 0.3) is 0 Å². The van der Waals surface area contributed by atoms with Crippen LogP contribution < -0.4 is 5.32 Å². The van der Waals surface area contributed by atoms with Crippen molar-refractivity contribution >= 4 is 17.4 Å². The molecule has 2 atom stereocenters. The molecule has 0 saturated heterocycles. The van der Waals surface area contributed by atoms with E-state index in [9.17, 15) is 8.78 Å². The fourth-order valence-corrected chi connectivity index (χ4v) is 3.40. The van der Waals surface area contributed by atoms with E-state index < -0.39 is 5.76 Å². The van der Waals surface area contributed by atoms with Gasteiger partial charge in [-0.25, -0.2) is 0 Å². The molecule has 1 fully saturated rings. The molecular formula is C16H23F2NS. The number of alkyl halides is 2. The summed E-state index contributed by atoms with van der Waals surface area (Å²) in [4.78, 5) is 0.623. The molecule has 0 amide bonds. The quantitative estimate of drug-likeness (QED) is 0.547. The Bertz CT molecular complexity index is 394. The van der Waals surface area contributed by atoms with Crippen molar-refractivity contribution in [1.82, 2.24) is 0 Å². The summed E-state index contributed by atoms with van der Waals surface area (Å²) >= 11 is 0.599. The van der Waals surface area contributed by atoms with Crippen molar-refractivity contribution in [3.63, 3.8) is 0 Å². The van der Waals surface area contributed by atoms with Gasteiger partial charge in [-0.05, 0) is 49.4 Å². The summed E-state index contributed by atoms with van der Waals surface area (Å²) in [5.41, 5.74) is 1.04. The van der Waals surface area contributed by atoms with Crippen LogP contribution in [0.2, 0.25) is 0 Å². The Morgan fingerprint density at radius 3 is 2.55 bits per heavy atom. The first-order chi connectivity index (χ1) is 9.67. The van der Waals surface area contributed by atoms with E-state index in [1.165, 1.54) is 38.5 Å². The molecule has 2 rings (SSSR count). The predicted octanol–water partition coefficient (Wildman–Crippen LogP) is 5.77. The summed E-state index contributed by atoms with van der Waals surface area (Å²) in [6, 6.07) is 7.88. The van der Waals surface area contributed by atoms with E-state index in [1.54, 1.807) is 12.1 Å². The molecule has 1 saturated carbocycles. The van der Waals surface area contributed by atoms with E-state index in [-0.39, 0.29) is 0 Å². The van der Waals surface area contributed by atoms with Crippen LogP contribution in [-0.2, 0) is 0 Å². The van der Waals surface area contributed by atoms with Crippen molar-refractivity contribution in [3.05, 3.63) is 24.3 Å². The van der Waals surface area contributed by atoms with Gasteiger partial charge in [-0.15, -0.1) is 0 Å². The van der Waals surface area contributed by atoms with Crippen LogP contribution in [0.4, 0.5) is 14.5 Å². The minimum Gasteiger partial charge on any atom is -0.382 e. The highest BCUT2D eigenvalue weighted by Crippen LogP contribution is 2.29. The highest BCUT2D eigenvalue weighted by Gasteiger charge is 2.17. The van der Waals surface area contributed by atoms with Crippen molar-refractivity contribution in [3.8, 4) is 0 Å². The van der Waals surface area contributed by atoms with Crippen LogP contribution in [0.15, 0.2) is 29.2 Å². The average molecular weight is 299 g/mol. The van der Waals surface area contributed by atoms with Gasteiger partial charge < -0.3 is 5.32 Å². The number of rotatable bonds is 5. The second-order valence-corrected chi connectivity index (χ2v) is 6.59. The van der Waals surface area contributed by atoms with Gasteiger partial charge in [0, 0.05) is 16.6 Å². The molecule has 20 heavy (non-hydrogen) atoms. The van der Waals surface area contributed by atoms with E-state index in [1.807, 2.05) is 12.1 Å². The van der Waals surface area contributed by atoms with Crippen molar-refractivity contribution in [2.75, 3.05) is 5.32 Å². The first kappa shape index (κ1) is 15.6. The summed E-state index contributed by atoms with van der Waals surface area (Å²) in [7, 11) is 0. The number of hydrogen-bond acceptors (Lipinski definition) is 2. The Morgan fingerprint density at radius 1 is 1.15 bits per heavy atom. The third-order valence-corrected chi connectivity index (χ3v) is 4.84. The monoisotopic (exact) mass is 299 g/mol. The van der Waals surface area contributed by atoms with Crippen LogP contribution in [-0.4, -0.2) is 11.8 Å². The van der Waals surface area contributed by atoms with Crippen molar-refractivity contribution < 1.29 is 8.78 Å². The second-order valence-electron chi connectivity index (χ2n) is 5.53. The number of halogens is 2. The maximum atomic E-state index is 12.3. The number of thioether (sulfide) groups is 1. The largest absolute Gasteiger partial charge is 0.382 e. The summed E-state index contributed by atoms with van der Waals surface area (Å²) in [6.45, 7) is 2.28. The minimum atomic E-state index is -2.35. The lowest BCUT2D eigenvalue weighted by Gasteiger charge is -2.18. The molecule has 1 aliphatic rings. The highest BCUT2D eigenvalue weighted by molar-refractivity contribution is 7.99. The molecule has 0 aromatic heterocycles. The molecule has 4 heteroatoms. The zero-order chi connectivity index (χ0) is 14.4. The van der Waals surface area contributed by atoms with Gasteiger partial charge in [0.15, 0.2) is 0 Å². The minimum absolute atomic E-state index is 0.528. The second kappa shape index (κ2) is 7.87. The van der Waals surface area contributed by atoms with E-state index in [4.69, 9.17) is 0 Å². The summed E-state index contributed by atoms with van der Waals surface area (Å²) in [5.74, 6) is -1.46. The van der Waals surface area contributed by atoms with Gasteiger partial charge in [-0.1, -0.05) is 37.9 Å². The zero-order valence-corrected chi connectivity index (χ0v) is 12.8. The van der Waals surface area contributed by atoms with Crippen LogP contribution in [0, 0.1) is 5.92 Å². The third-order valence-electron chi connectivity index (χ3n) is 4.12. The van der Waals surface area contributed by atoms with Crippen molar-refractivity contribution in [1.29, 1.82) is 0 Å². The van der Waals surface area contributed by atoms with Crippen LogP contribution in [0.1, 0.15) is 45.4 Å². The number of anilines is 1. The molecule has 0 spiro atoms. The Balaban J connectivity index is 1.86. The van der Waals surface area contributed by atoms with E-state index in [0.29, 0.717) is 22.7 Å². The fraction of sp³-hybridized carbons (Fsp3) is 0.625.